The van der Waals surface area contributed by atoms with E-state index in [9.17, 15) is 4.79 Å². The molecule has 2 aromatic carbocycles. The van der Waals surface area contributed by atoms with Crippen LogP contribution in [0.25, 0.3) is 17.2 Å². The molecule has 0 aromatic heterocycles. The van der Waals surface area contributed by atoms with Gasteiger partial charge in [-0.25, -0.2) is 0 Å². The van der Waals surface area contributed by atoms with Crippen molar-refractivity contribution in [3.8, 4) is 11.1 Å². The first kappa shape index (κ1) is 20.1. The fraction of sp³-hybridized carbons (Fsp3) is 0.318. The van der Waals surface area contributed by atoms with Crippen molar-refractivity contribution in [2.24, 2.45) is 0 Å². The van der Waals surface area contributed by atoms with Gasteiger partial charge >= 0.3 is 0 Å². The summed E-state index contributed by atoms with van der Waals surface area (Å²) in [6.45, 7) is 15.2. The standard InChI is InChI=1S/C22H27BrNOSi3/c1-26(2)18-13-17(22(24)25)19(16-12-8-10-14-9-7-11-15(14)16)21(20(18)23)27(3,4)28(26,5)6/h7-8,10-13,24H,9H2,1-6H3. The normalized spacial score (nSPS) is 20.1. The fourth-order valence-corrected chi connectivity index (χ4v) is 41.5. The number of hydrogen-bond acceptors (Lipinski definition) is 1. The highest BCUT2D eigenvalue weighted by molar-refractivity contribution is 9.10. The van der Waals surface area contributed by atoms with Crippen LogP contribution < -0.4 is 16.1 Å². The van der Waals surface area contributed by atoms with Gasteiger partial charge in [-0.15, -0.1) is 0 Å². The molecule has 2 nitrogen and oxygen atoms in total. The number of nitrogens with one attached hydrogen (secondary N) is 1. The number of hydrogen-bond donors (Lipinski definition) is 0. The molecule has 4 rings (SSSR count). The minimum atomic E-state index is -1.83. The summed E-state index contributed by atoms with van der Waals surface area (Å²) < 4.78 is 1.24. The monoisotopic (exact) mass is 484 g/mol. The molecule has 0 unspecified atom stereocenters. The van der Waals surface area contributed by atoms with Crippen LogP contribution in [0.3, 0.4) is 0 Å². The summed E-state index contributed by atoms with van der Waals surface area (Å²) in [5, 5.41) is 2.74. The Hall–Kier alpha value is -1.22. The molecule has 28 heavy (non-hydrogen) atoms. The van der Waals surface area contributed by atoms with E-state index in [4.69, 9.17) is 5.73 Å². The van der Waals surface area contributed by atoms with E-state index in [-0.39, 0.29) is 0 Å². The maximum Gasteiger partial charge on any atom is 0.270 e. The summed E-state index contributed by atoms with van der Waals surface area (Å²) >= 11 is 4.01. The van der Waals surface area contributed by atoms with Crippen LogP contribution in [0.1, 0.15) is 21.5 Å². The molecular formula is C22H27BrNOSi3. The van der Waals surface area contributed by atoms with Crippen molar-refractivity contribution in [2.75, 3.05) is 0 Å². The van der Waals surface area contributed by atoms with Gasteiger partial charge in [0.2, 0.25) is 0 Å². The zero-order valence-corrected chi connectivity index (χ0v) is 22.0. The lowest BCUT2D eigenvalue weighted by molar-refractivity contribution is 0.0993. The summed E-state index contributed by atoms with van der Waals surface area (Å²) in [6.07, 6.45) is 5.33. The number of fused-ring (bicyclic) bond motifs is 3. The Bertz CT molecular complexity index is 1070. The largest absolute Gasteiger partial charge is 0.270 e. The topological polar surface area (TPSA) is 40.9 Å². The lowest BCUT2D eigenvalue weighted by Gasteiger charge is -2.54. The quantitative estimate of drug-likeness (QED) is 0.563. The second-order valence-electron chi connectivity index (χ2n) is 9.72. The molecule has 0 fully saturated rings. The number of amides is 1. The summed E-state index contributed by atoms with van der Waals surface area (Å²) in [5.41, 5.74) is 13.4. The average molecular weight is 486 g/mol. The zero-order chi connectivity index (χ0) is 20.6. The number of rotatable bonds is 2. The van der Waals surface area contributed by atoms with Gasteiger partial charge in [0, 0.05) is 17.1 Å². The molecule has 0 saturated carbocycles. The van der Waals surface area contributed by atoms with Gasteiger partial charge < -0.3 is 0 Å². The Morgan fingerprint density at radius 2 is 1.75 bits per heavy atom. The van der Waals surface area contributed by atoms with Gasteiger partial charge in [0.15, 0.2) is 0 Å². The van der Waals surface area contributed by atoms with Crippen molar-refractivity contribution in [3.63, 3.8) is 0 Å². The highest BCUT2D eigenvalue weighted by Gasteiger charge is 2.59. The van der Waals surface area contributed by atoms with Gasteiger partial charge in [-0.05, 0) is 45.1 Å². The van der Waals surface area contributed by atoms with E-state index >= 15 is 0 Å². The van der Waals surface area contributed by atoms with Gasteiger partial charge in [0.25, 0.3) is 5.91 Å². The number of carbonyl (C=O) groups is 1. The first-order chi connectivity index (χ1) is 12.9. The van der Waals surface area contributed by atoms with Gasteiger partial charge in [-0.3, -0.25) is 10.5 Å². The molecule has 0 atom stereocenters. The maximum atomic E-state index is 12.6. The molecular weight excluding hydrogens is 458 g/mol. The van der Waals surface area contributed by atoms with Crippen molar-refractivity contribution in [1.82, 2.24) is 5.73 Å². The van der Waals surface area contributed by atoms with Crippen LogP contribution in [-0.4, -0.2) is 28.2 Å². The van der Waals surface area contributed by atoms with E-state index in [1.54, 1.807) is 0 Å². The SMILES string of the molecule is C[Si]1(C)c2cc(C([NH])=O)c(-c3cccc4c3C=CC4)c(c2Br)[Si](C)(C)[Si]1(C)C. The molecule has 145 valence electrons. The predicted octanol–water partition coefficient (Wildman–Crippen LogP) is 4.82. The number of allylic oxidation sites excluding steroid dienone is 1. The van der Waals surface area contributed by atoms with E-state index < -0.39 is 28.2 Å². The molecule has 1 aliphatic carbocycles. The summed E-state index contributed by atoms with van der Waals surface area (Å²) in [6, 6.07) is 8.51. The molecule has 0 saturated heterocycles. The molecule has 6 heteroatoms. The molecule has 2 aromatic rings. The third kappa shape index (κ3) is 2.38. The van der Waals surface area contributed by atoms with E-state index in [0.29, 0.717) is 5.56 Å². The van der Waals surface area contributed by atoms with Crippen LogP contribution in [0.4, 0.5) is 0 Å². The minimum Gasteiger partial charge on any atom is -0.267 e. The van der Waals surface area contributed by atoms with Crippen molar-refractivity contribution < 1.29 is 4.79 Å². The summed E-state index contributed by atoms with van der Waals surface area (Å²) in [7, 11) is -5.08. The molecule has 1 N–H and O–H groups in total. The first-order valence-corrected chi connectivity index (χ1v) is 21.6. The third-order valence-corrected chi connectivity index (χ3v) is 50.9. The van der Waals surface area contributed by atoms with E-state index in [1.165, 1.54) is 26.0 Å². The van der Waals surface area contributed by atoms with Crippen LogP contribution >= 0.6 is 15.9 Å². The molecule has 1 radical (unpaired) electrons. The minimum absolute atomic E-state index is 0.555. The zero-order valence-electron chi connectivity index (χ0n) is 17.5. The van der Waals surface area contributed by atoms with E-state index in [1.807, 2.05) is 0 Å². The van der Waals surface area contributed by atoms with Crippen molar-refractivity contribution in [3.05, 3.63) is 51.5 Å². The molecule has 2 aliphatic rings. The Labute approximate surface area is 179 Å². The third-order valence-electron chi connectivity index (χ3n) is 8.02. The summed E-state index contributed by atoms with van der Waals surface area (Å²) in [4.78, 5) is 12.6. The predicted molar refractivity (Wildman–Crippen MR) is 131 cm³/mol. The lowest BCUT2D eigenvalue weighted by atomic mass is 9.93. The number of carbonyl (C=O) groups excluding carboxylic acids is 1. The Morgan fingerprint density at radius 1 is 1.07 bits per heavy atom. The second-order valence-corrected chi connectivity index (χ2v) is 37.8. The van der Waals surface area contributed by atoms with Crippen LogP contribution in [0, 0.1) is 0 Å². The second kappa shape index (κ2) is 6.14. The molecule has 2 bridgehead atoms. The van der Waals surface area contributed by atoms with E-state index in [0.717, 1.165) is 17.5 Å². The number of benzene rings is 2. The van der Waals surface area contributed by atoms with Gasteiger partial charge in [0.1, 0.15) is 0 Å². The van der Waals surface area contributed by atoms with Gasteiger partial charge in [-0.1, -0.05) is 85.6 Å². The maximum absolute atomic E-state index is 12.6. The molecule has 0 spiro atoms. The smallest absolute Gasteiger partial charge is 0.267 e. The fourth-order valence-electron chi connectivity index (χ4n) is 5.10. The van der Waals surface area contributed by atoms with Crippen LogP contribution in [-0.2, 0) is 6.42 Å². The van der Waals surface area contributed by atoms with Gasteiger partial charge in [-0.2, -0.15) is 0 Å². The molecule has 1 amide bonds. The van der Waals surface area contributed by atoms with Crippen LogP contribution in [0.15, 0.2) is 34.8 Å². The lowest BCUT2D eigenvalue weighted by Crippen LogP contribution is -2.82. The van der Waals surface area contributed by atoms with Crippen molar-refractivity contribution in [2.45, 2.75) is 45.7 Å². The number of halogens is 1. The van der Waals surface area contributed by atoms with Gasteiger partial charge in [0.05, 0.1) is 15.2 Å². The van der Waals surface area contributed by atoms with E-state index in [2.05, 4.69) is 91.6 Å². The van der Waals surface area contributed by atoms with Crippen molar-refractivity contribution in [1.29, 1.82) is 0 Å². The molecule has 1 aliphatic heterocycles. The summed E-state index contributed by atoms with van der Waals surface area (Å²) in [5.74, 6) is -0.555. The highest BCUT2D eigenvalue weighted by atomic mass is 79.9. The Morgan fingerprint density at radius 3 is 2.39 bits per heavy atom. The van der Waals surface area contributed by atoms with Crippen molar-refractivity contribution >= 4 is 60.6 Å². The Kier molecular flexibility index (Phi) is 4.40. The average Bonchev–Trinajstić information content (AvgIpc) is 3.08. The van der Waals surface area contributed by atoms with Crippen LogP contribution in [0.5, 0.6) is 0 Å². The highest BCUT2D eigenvalue weighted by Crippen LogP contribution is 2.42. The first-order valence-electron chi connectivity index (χ1n) is 9.85. The van der Waals surface area contributed by atoms with Crippen LogP contribution in [0.2, 0.25) is 39.3 Å². The molecule has 1 heterocycles. The Balaban J connectivity index is 2.20.